The largest absolute Gasteiger partial charge is 0.465 e. The van der Waals surface area contributed by atoms with Gasteiger partial charge in [0.15, 0.2) is 0 Å². The van der Waals surface area contributed by atoms with Crippen LogP contribution in [0, 0.1) is 0 Å². The molecule has 5 nitrogen and oxygen atoms in total. The van der Waals surface area contributed by atoms with E-state index in [2.05, 4.69) is 10.1 Å². The van der Waals surface area contributed by atoms with Crippen LogP contribution in [0.4, 0.5) is 0 Å². The SMILES string of the molecule is Clc1ccc(Oc2ccc(-c3noc(/C=C/c4ccco4)n3)cc2)cc1. The first-order chi connectivity index (χ1) is 12.8. The smallest absolute Gasteiger partial charge is 0.251 e. The van der Waals surface area contributed by atoms with E-state index in [0.29, 0.717) is 34.0 Å². The summed E-state index contributed by atoms with van der Waals surface area (Å²) in [6.07, 6.45) is 5.07. The van der Waals surface area contributed by atoms with Crippen LogP contribution in [-0.4, -0.2) is 10.1 Å². The molecule has 0 spiro atoms. The van der Waals surface area contributed by atoms with Crippen molar-refractivity contribution in [3.63, 3.8) is 0 Å². The number of rotatable bonds is 5. The lowest BCUT2D eigenvalue weighted by molar-refractivity contribution is 0.411. The zero-order valence-electron chi connectivity index (χ0n) is 13.5. The van der Waals surface area contributed by atoms with Gasteiger partial charge in [-0.1, -0.05) is 16.8 Å². The summed E-state index contributed by atoms with van der Waals surface area (Å²) in [4.78, 5) is 4.34. The monoisotopic (exact) mass is 364 g/mol. The van der Waals surface area contributed by atoms with Crippen molar-refractivity contribution in [1.29, 1.82) is 0 Å². The van der Waals surface area contributed by atoms with E-state index in [1.54, 1.807) is 30.5 Å². The molecule has 2 heterocycles. The molecule has 0 bridgehead atoms. The summed E-state index contributed by atoms with van der Waals surface area (Å²) in [5.41, 5.74) is 0.829. The summed E-state index contributed by atoms with van der Waals surface area (Å²) in [5, 5.41) is 4.65. The van der Waals surface area contributed by atoms with Gasteiger partial charge < -0.3 is 13.7 Å². The van der Waals surface area contributed by atoms with Crippen LogP contribution in [0.15, 0.2) is 75.9 Å². The van der Waals surface area contributed by atoms with Crippen molar-refractivity contribution < 1.29 is 13.7 Å². The van der Waals surface area contributed by atoms with Crippen molar-refractivity contribution >= 4 is 23.8 Å². The van der Waals surface area contributed by atoms with Gasteiger partial charge in [-0.05, 0) is 66.7 Å². The van der Waals surface area contributed by atoms with E-state index < -0.39 is 0 Å². The average Bonchev–Trinajstić information content (AvgIpc) is 3.34. The first kappa shape index (κ1) is 16.2. The highest BCUT2D eigenvalue weighted by atomic mass is 35.5. The predicted molar refractivity (Wildman–Crippen MR) is 98.9 cm³/mol. The number of ether oxygens (including phenoxy) is 1. The maximum Gasteiger partial charge on any atom is 0.251 e. The molecule has 0 radical (unpaired) electrons. The Morgan fingerprint density at radius 2 is 1.62 bits per heavy atom. The molecule has 4 rings (SSSR count). The minimum Gasteiger partial charge on any atom is -0.465 e. The highest BCUT2D eigenvalue weighted by molar-refractivity contribution is 6.30. The lowest BCUT2D eigenvalue weighted by atomic mass is 10.2. The summed E-state index contributed by atoms with van der Waals surface area (Å²) in [6.45, 7) is 0. The molecule has 0 saturated carbocycles. The second kappa shape index (κ2) is 7.29. The molecule has 0 aliphatic rings. The Balaban J connectivity index is 1.46. The normalized spacial score (nSPS) is 11.1. The van der Waals surface area contributed by atoms with E-state index in [-0.39, 0.29) is 0 Å². The van der Waals surface area contributed by atoms with Gasteiger partial charge >= 0.3 is 0 Å². The predicted octanol–water partition coefficient (Wildman–Crippen LogP) is 5.95. The lowest BCUT2D eigenvalue weighted by Crippen LogP contribution is -1.85. The third kappa shape index (κ3) is 3.84. The van der Waals surface area contributed by atoms with Gasteiger partial charge in [-0.25, -0.2) is 0 Å². The van der Waals surface area contributed by atoms with Crippen LogP contribution >= 0.6 is 11.6 Å². The number of nitrogens with zero attached hydrogens (tertiary/aromatic N) is 2. The van der Waals surface area contributed by atoms with E-state index in [1.807, 2.05) is 48.5 Å². The number of hydrogen-bond acceptors (Lipinski definition) is 5. The van der Waals surface area contributed by atoms with Crippen molar-refractivity contribution in [2.75, 3.05) is 0 Å². The number of furan rings is 1. The van der Waals surface area contributed by atoms with Gasteiger partial charge in [-0.3, -0.25) is 0 Å². The van der Waals surface area contributed by atoms with Gasteiger partial charge in [-0.2, -0.15) is 4.98 Å². The summed E-state index contributed by atoms with van der Waals surface area (Å²) in [6, 6.07) is 18.3. The molecule has 0 unspecified atom stereocenters. The van der Waals surface area contributed by atoms with E-state index in [4.69, 9.17) is 25.3 Å². The van der Waals surface area contributed by atoms with Crippen LogP contribution < -0.4 is 4.74 Å². The molecular weight excluding hydrogens is 352 g/mol. The minimum atomic E-state index is 0.401. The molecule has 0 fully saturated rings. The van der Waals surface area contributed by atoms with Gasteiger partial charge in [-0.15, -0.1) is 0 Å². The van der Waals surface area contributed by atoms with E-state index in [1.165, 1.54) is 0 Å². The number of halogens is 1. The molecule has 0 saturated heterocycles. The van der Waals surface area contributed by atoms with E-state index in [9.17, 15) is 0 Å². The van der Waals surface area contributed by atoms with Crippen molar-refractivity contribution in [1.82, 2.24) is 10.1 Å². The molecule has 6 heteroatoms. The van der Waals surface area contributed by atoms with Gasteiger partial charge in [0.1, 0.15) is 17.3 Å². The molecule has 0 atom stereocenters. The number of hydrogen-bond donors (Lipinski definition) is 0. The van der Waals surface area contributed by atoms with Crippen molar-refractivity contribution in [2.45, 2.75) is 0 Å². The third-order valence-electron chi connectivity index (χ3n) is 3.54. The second-order valence-corrected chi connectivity index (χ2v) is 5.82. The van der Waals surface area contributed by atoms with Crippen LogP contribution in [0.3, 0.4) is 0 Å². The fraction of sp³-hybridized carbons (Fsp3) is 0. The molecular formula is C20H13ClN2O3. The van der Waals surface area contributed by atoms with Crippen LogP contribution in [-0.2, 0) is 0 Å². The standard InChI is InChI=1S/C20H13ClN2O3/c21-15-5-9-18(10-6-15)25-17-7-3-14(4-8-17)20-22-19(26-23-20)12-11-16-2-1-13-24-16/h1-13H/b12-11+. The fourth-order valence-electron chi connectivity index (χ4n) is 2.27. The maximum atomic E-state index is 5.87. The average molecular weight is 365 g/mol. The Labute approximate surface area is 154 Å². The summed E-state index contributed by atoms with van der Waals surface area (Å²) in [5.74, 6) is 3.04. The van der Waals surface area contributed by atoms with Crippen LogP contribution in [0.5, 0.6) is 11.5 Å². The molecule has 0 aliphatic heterocycles. The van der Waals surface area contributed by atoms with Crippen LogP contribution in [0.25, 0.3) is 23.5 Å². The maximum absolute atomic E-state index is 5.87. The molecule has 2 aromatic heterocycles. The highest BCUT2D eigenvalue weighted by Gasteiger charge is 2.07. The zero-order valence-corrected chi connectivity index (χ0v) is 14.3. The molecule has 4 aromatic rings. The second-order valence-electron chi connectivity index (χ2n) is 5.39. The molecule has 128 valence electrons. The summed E-state index contributed by atoms with van der Waals surface area (Å²) in [7, 11) is 0. The Morgan fingerprint density at radius 1 is 0.885 bits per heavy atom. The zero-order chi connectivity index (χ0) is 17.8. The fourth-order valence-corrected chi connectivity index (χ4v) is 2.40. The first-order valence-electron chi connectivity index (χ1n) is 7.85. The molecule has 0 aliphatic carbocycles. The minimum absolute atomic E-state index is 0.401. The first-order valence-corrected chi connectivity index (χ1v) is 8.23. The number of aromatic nitrogens is 2. The van der Waals surface area contributed by atoms with Gasteiger partial charge in [0.2, 0.25) is 5.82 Å². The Kier molecular flexibility index (Phi) is 4.53. The quantitative estimate of drug-likeness (QED) is 0.438. The topological polar surface area (TPSA) is 61.3 Å². The number of benzene rings is 2. The van der Waals surface area contributed by atoms with Crippen LogP contribution in [0.1, 0.15) is 11.7 Å². The van der Waals surface area contributed by atoms with Crippen molar-refractivity contribution in [3.05, 3.63) is 83.6 Å². The lowest BCUT2D eigenvalue weighted by Gasteiger charge is -2.05. The summed E-state index contributed by atoms with van der Waals surface area (Å²) < 4.78 is 16.2. The molecule has 0 N–H and O–H groups in total. The van der Waals surface area contributed by atoms with Gasteiger partial charge in [0, 0.05) is 16.7 Å². The Bertz CT molecular complexity index is 1000. The Morgan fingerprint density at radius 3 is 2.31 bits per heavy atom. The van der Waals surface area contributed by atoms with E-state index in [0.717, 1.165) is 5.56 Å². The van der Waals surface area contributed by atoms with E-state index >= 15 is 0 Å². The molecule has 26 heavy (non-hydrogen) atoms. The van der Waals surface area contributed by atoms with Gasteiger partial charge in [0.25, 0.3) is 5.89 Å². The van der Waals surface area contributed by atoms with Gasteiger partial charge in [0.05, 0.1) is 6.26 Å². The third-order valence-corrected chi connectivity index (χ3v) is 3.79. The highest BCUT2D eigenvalue weighted by Crippen LogP contribution is 2.25. The van der Waals surface area contributed by atoms with Crippen LogP contribution in [0.2, 0.25) is 5.02 Å². The summed E-state index contributed by atoms with van der Waals surface area (Å²) >= 11 is 5.87. The van der Waals surface area contributed by atoms with Crippen molar-refractivity contribution in [2.24, 2.45) is 0 Å². The Hall–Kier alpha value is -3.31. The molecule has 0 amide bonds. The molecule has 2 aromatic carbocycles. The van der Waals surface area contributed by atoms with Crippen molar-refractivity contribution in [3.8, 4) is 22.9 Å².